The Balaban J connectivity index is 0.00000180. The highest BCUT2D eigenvalue weighted by Crippen LogP contribution is 2.30. The quantitative estimate of drug-likeness (QED) is 0.903. The molecule has 0 saturated carbocycles. The summed E-state index contributed by atoms with van der Waals surface area (Å²) in [5.74, 6) is 0.584. The monoisotopic (exact) mass is 304 g/mol. The number of hydrogen-bond donors (Lipinski definition) is 2. The smallest absolute Gasteiger partial charge is 0.231 e. The lowest BCUT2D eigenvalue weighted by Crippen LogP contribution is -2.35. The van der Waals surface area contributed by atoms with Gasteiger partial charge in [0.15, 0.2) is 0 Å². The van der Waals surface area contributed by atoms with Crippen molar-refractivity contribution in [2.45, 2.75) is 13.3 Å². The van der Waals surface area contributed by atoms with Gasteiger partial charge in [0, 0.05) is 18.3 Å². The van der Waals surface area contributed by atoms with Crippen molar-refractivity contribution in [2.75, 3.05) is 25.5 Å². The zero-order valence-corrected chi connectivity index (χ0v) is 12.5. The van der Waals surface area contributed by atoms with Crippen molar-refractivity contribution in [3.63, 3.8) is 0 Å². The summed E-state index contributed by atoms with van der Waals surface area (Å²) in [5, 5.41) is 6.64. The molecule has 106 valence electrons. The number of carbonyl (C=O) groups is 1. The number of carbonyl (C=O) groups excluding carboxylic acids is 1. The van der Waals surface area contributed by atoms with E-state index >= 15 is 0 Å². The summed E-state index contributed by atoms with van der Waals surface area (Å²) in [6.07, 6.45) is 0.851. The van der Waals surface area contributed by atoms with Gasteiger partial charge in [0.2, 0.25) is 5.91 Å². The molecular formula is C13H18Cl2N2O2. The van der Waals surface area contributed by atoms with Gasteiger partial charge in [-0.25, -0.2) is 0 Å². The normalized spacial score (nSPS) is 21.6. The van der Waals surface area contributed by atoms with E-state index in [2.05, 4.69) is 10.6 Å². The third-order valence-corrected chi connectivity index (χ3v) is 3.64. The molecule has 19 heavy (non-hydrogen) atoms. The van der Waals surface area contributed by atoms with Crippen LogP contribution in [0.5, 0.6) is 5.75 Å². The molecular weight excluding hydrogens is 287 g/mol. The molecule has 4 nitrogen and oxygen atoms in total. The molecule has 2 rings (SSSR count). The molecule has 1 unspecified atom stereocenters. The predicted octanol–water partition coefficient (Wildman–Crippen LogP) is 2.71. The van der Waals surface area contributed by atoms with E-state index in [1.807, 2.05) is 6.92 Å². The lowest BCUT2D eigenvalue weighted by Gasteiger charge is -2.21. The van der Waals surface area contributed by atoms with Crippen LogP contribution < -0.4 is 15.4 Å². The molecule has 1 aliphatic heterocycles. The molecule has 0 radical (unpaired) electrons. The lowest BCUT2D eigenvalue weighted by atomic mass is 9.89. The van der Waals surface area contributed by atoms with E-state index in [1.54, 1.807) is 25.3 Å². The number of benzene rings is 1. The highest BCUT2D eigenvalue weighted by Gasteiger charge is 2.36. The third kappa shape index (κ3) is 3.53. The van der Waals surface area contributed by atoms with E-state index in [0.29, 0.717) is 23.0 Å². The zero-order chi connectivity index (χ0) is 13.2. The standard InChI is InChI=1S/C13H17ClN2O2.ClH/c1-13(5-6-15-8-13)12(17)16-9-3-4-10(14)11(7-9)18-2;/h3-4,7,15H,5-6,8H2,1-2H3,(H,16,17);1H. The summed E-state index contributed by atoms with van der Waals surface area (Å²) in [6, 6.07) is 5.21. The van der Waals surface area contributed by atoms with Crippen LogP contribution in [0, 0.1) is 5.41 Å². The molecule has 0 bridgehead atoms. The van der Waals surface area contributed by atoms with Crippen molar-refractivity contribution in [3.8, 4) is 5.75 Å². The van der Waals surface area contributed by atoms with Crippen molar-refractivity contribution < 1.29 is 9.53 Å². The summed E-state index contributed by atoms with van der Waals surface area (Å²) >= 11 is 5.94. The summed E-state index contributed by atoms with van der Waals surface area (Å²) in [7, 11) is 1.55. The fraction of sp³-hybridized carbons (Fsp3) is 0.462. The molecule has 1 amide bonds. The van der Waals surface area contributed by atoms with E-state index in [-0.39, 0.29) is 23.7 Å². The van der Waals surface area contributed by atoms with Crippen LogP contribution in [-0.4, -0.2) is 26.1 Å². The van der Waals surface area contributed by atoms with Crippen molar-refractivity contribution >= 4 is 35.6 Å². The van der Waals surface area contributed by atoms with Crippen LogP contribution in [0.25, 0.3) is 0 Å². The second-order valence-corrected chi connectivity index (χ2v) is 5.20. The number of rotatable bonds is 3. The molecule has 0 aliphatic carbocycles. The molecule has 1 atom stereocenters. The average Bonchev–Trinajstić information content (AvgIpc) is 2.80. The first-order valence-electron chi connectivity index (χ1n) is 5.91. The summed E-state index contributed by atoms with van der Waals surface area (Å²) in [4.78, 5) is 12.2. The summed E-state index contributed by atoms with van der Waals surface area (Å²) < 4.78 is 5.12. The topological polar surface area (TPSA) is 50.4 Å². The van der Waals surface area contributed by atoms with Gasteiger partial charge < -0.3 is 15.4 Å². The summed E-state index contributed by atoms with van der Waals surface area (Å²) in [5.41, 5.74) is 0.363. The Bertz CT molecular complexity index is 460. The predicted molar refractivity (Wildman–Crippen MR) is 79.5 cm³/mol. The first-order chi connectivity index (χ1) is 8.55. The fourth-order valence-corrected chi connectivity index (χ4v) is 2.22. The van der Waals surface area contributed by atoms with Gasteiger partial charge in [-0.05, 0) is 32.0 Å². The minimum absolute atomic E-state index is 0. The van der Waals surface area contributed by atoms with E-state index < -0.39 is 0 Å². The van der Waals surface area contributed by atoms with E-state index in [4.69, 9.17) is 16.3 Å². The maximum atomic E-state index is 12.2. The van der Waals surface area contributed by atoms with E-state index in [9.17, 15) is 4.79 Å². The zero-order valence-electron chi connectivity index (χ0n) is 11.0. The molecule has 1 fully saturated rings. The molecule has 0 aromatic heterocycles. The maximum absolute atomic E-state index is 12.2. The highest BCUT2D eigenvalue weighted by atomic mass is 35.5. The van der Waals surface area contributed by atoms with Crippen LogP contribution in [0.3, 0.4) is 0 Å². The van der Waals surface area contributed by atoms with Crippen LogP contribution in [-0.2, 0) is 4.79 Å². The van der Waals surface area contributed by atoms with Gasteiger partial charge in [0.1, 0.15) is 5.75 Å². The molecule has 1 aromatic rings. The molecule has 1 aromatic carbocycles. The Morgan fingerprint density at radius 2 is 2.26 bits per heavy atom. The van der Waals surface area contributed by atoms with Gasteiger partial charge >= 0.3 is 0 Å². The van der Waals surface area contributed by atoms with Gasteiger partial charge in [-0.2, -0.15) is 0 Å². The van der Waals surface area contributed by atoms with E-state index in [0.717, 1.165) is 13.0 Å². The minimum atomic E-state index is -0.340. The van der Waals surface area contributed by atoms with Crippen molar-refractivity contribution in [1.82, 2.24) is 5.32 Å². The molecule has 2 N–H and O–H groups in total. The van der Waals surface area contributed by atoms with Gasteiger partial charge in [-0.15, -0.1) is 12.4 Å². The summed E-state index contributed by atoms with van der Waals surface area (Å²) in [6.45, 7) is 3.56. The minimum Gasteiger partial charge on any atom is -0.495 e. The second kappa shape index (κ2) is 6.46. The first-order valence-corrected chi connectivity index (χ1v) is 6.29. The van der Waals surface area contributed by atoms with Crippen molar-refractivity contribution in [2.24, 2.45) is 5.41 Å². The largest absolute Gasteiger partial charge is 0.495 e. The Morgan fingerprint density at radius 1 is 1.53 bits per heavy atom. The Hall–Kier alpha value is -0.970. The van der Waals surface area contributed by atoms with Crippen LogP contribution in [0.2, 0.25) is 5.02 Å². The number of nitrogens with one attached hydrogen (secondary N) is 2. The number of amides is 1. The Labute approximate surface area is 124 Å². The number of halogens is 2. The lowest BCUT2D eigenvalue weighted by molar-refractivity contribution is -0.123. The van der Waals surface area contributed by atoms with Gasteiger partial charge in [-0.1, -0.05) is 11.6 Å². The molecule has 0 spiro atoms. The number of ether oxygens (including phenoxy) is 1. The Morgan fingerprint density at radius 3 is 2.84 bits per heavy atom. The number of methoxy groups -OCH3 is 1. The van der Waals surface area contributed by atoms with Gasteiger partial charge in [-0.3, -0.25) is 4.79 Å². The van der Waals surface area contributed by atoms with Crippen molar-refractivity contribution in [1.29, 1.82) is 0 Å². The third-order valence-electron chi connectivity index (χ3n) is 3.33. The van der Waals surface area contributed by atoms with Gasteiger partial charge in [0.05, 0.1) is 17.5 Å². The second-order valence-electron chi connectivity index (χ2n) is 4.79. The van der Waals surface area contributed by atoms with Crippen LogP contribution in [0.15, 0.2) is 18.2 Å². The van der Waals surface area contributed by atoms with E-state index in [1.165, 1.54) is 0 Å². The van der Waals surface area contributed by atoms with Crippen LogP contribution >= 0.6 is 24.0 Å². The average molecular weight is 305 g/mol. The number of anilines is 1. The fourth-order valence-electron chi connectivity index (χ4n) is 2.03. The van der Waals surface area contributed by atoms with Crippen molar-refractivity contribution in [3.05, 3.63) is 23.2 Å². The molecule has 1 aliphatic rings. The van der Waals surface area contributed by atoms with Crippen LogP contribution in [0.4, 0.5) is 5.69 Å². The first kappa shape index (κ1) is 16.1. The Kier molecular flexibility index (Phi) is 5.47. The molecule has 1 heterocycles. The maximum Gasteiger partial charge on any atom is 0.231 e. The molecule has 1 saturated heterocycles. The van der Waals surface area contributed by atoms with Crippen LogP contribution in [0.1, 0.15) is 13.3 Å². The SMILES string of the molecule is COc1cc(NC(=O)C2(C)CCNC2)ccc1Cl.Cl. The highest BCUT2D eigenvalue weighted by molar-refractivity contribution is 6.32. The van der Waals surface area contributed by atoms with Gasteiger partial charge in [0.25, 0.3) is 0 Å². The molecule has 6 heteroatoms. The number of hydrogen-bond acceptors (Lipinski definition) is 3.